The molecule has 0 spiro atoms. The SMILES string of the molecule is CC1CCCNC1CC(=O)N(C)CCO. The maximum Gasteiger partial charge on any atom is 0.223 e. The lowest BCUT2D eigenvalue weighted by Crippen LogP contribution is -2.44. The molecule has 1 amide bonds. The number of amides is 1. The summed E-state index contributed by atoms with van der Waals surface area (Å²) in [5.74, 6) is 0.695. The highest BCUT2D eigenvalue weighted by atomic mass is 16.3. The molecule has 1 saturated heterocycles. The second kappa shape index (κ2) is 6.08. The summed E-state index contributed by atoms with van der Waals surface area (Å²) in [6, 6.07) is 0.312. The summed E-state index contributed by atoms with van der Waals surface area (Å²) < 4.78 is 0. The second-order valence-electron chi connectivity index (χ2n) is 4.42. The topological polar surface area (TPSA) is 52.6 Å². The van der Waals surface area contributed by atoms with Gasteiger partial charge in [-0.25, -0.2) is 0 Å². The molecule has 4 nitrogen and oxygen atoms in total. The fourth-order valence-electron chi connectivity index (χ4n) is 2.01. The van der Waals surface area contributed by atoms with E-state index in [1.54, 1.807) is 11.9 Å². The van der Waals surface area contributed by atoms with Crippen molar-refractivity contribution < 1.29 is 9.90 Å². The monoisotopic (exact) mass is 214 g/mol. The Bertz CT molecular complexity index is 209. The molecule has 0 aromatic heterocycles. The predicted molar refractivity (Wildman–Crippen MR) is 59.5 cm³/mol. The zero-order valence-corrected chi connectivity index (χ0v) is 9.70. The Labute approximate surface area is 91.6 Å². The van der Waals surface area contributed by atoms with Crippen molar-refractivity contribution in [2.75, 3.05) is 26.7 Å². The lowest BCUT2D eigenvalue weighted by atomic mass is 9.90. The average Bonchev–Trinajstić information content (AvgIpc) is 2.21. The first-order valence-electron chi connectivity index (χ1n) is 5.73. The largest absolute Gasteiger partial charge is 0.395 e. The standard InChI is InChI=1S/C11H22N2O2/c1-9-4-3-5-12-10(9)8-11(15)13(2)6-7-14/h9-10,12,14H,3-8H2,1-2H3. The fraction of sp³-hybridized carbons (Fsp3) is 0.909. The van der Waals surface area contributed by atoms with Crippen LogP contribution in [-0.2, 0) is 4.79 Å². The van der Waals surface area contributed by atoms with Gasteiger partial charge in [-0.1, -0.05) is 6.92 Å². The minimum Gasteiger partial charge on any atom is -0.395 e. The van der Waals surface area contributed by atoms with Crippen molar-refractivity contribution in [2.45, 2.75) is 32.2 Å². The van der Waals surface area contributed by atoms with Crippen molar-refractivity contribution in [3.8, 4) is 0 Å². The molecule has 2 atom stereocenters. The number of aliphatic hydroxyl groups excluding tert-OH is 1. The summed E-state index contributed by atoms with van der Waals surface area (Å²) in [6.45, 7) is 3.68. The van der Waals surface area contributed by atoms with Gasteiger partial charge in [-0.15, -0.1) is 0 Å². The molecule has 0 aliphatic carbocycles. The van der Waals surface area contributed by atoms with E-state index in [0.29, 0.717) is 24.9 Å². The number of aliphatic hydroxyl groups is 1. The summed E-state index contributed by atoms with van der Waals surface area (Å²) in [5, 5.41) is 12.1. The Morgan fingerprint density at radius 2 is 2.33 bits per heavy atom. The van der Waals surface area contributed by atoms with E-state index < -0.39 is 0 Å². The van der Waals surface area contributed by atoms with Crippen LogP contribution in [0.3, 0.4) is 0 Å². The minimum atomic E-state index is 0.0376. The van der Waals surface area contributed by atoms with Gasteiger partial charge in [0.05, 0.1) is 6.61 Å². The molecule has 2 unspecified atom stereocenters. The molecule has 1 heterocycles. The van der Waals surface area contributed by atoms with Crippen molar-refractivity contribution >= 4 is 5.91 Å². The number of nitrogens with zero attached hydrogens (tertiary/aromatic N) is 1. The van der Waals surface area contributed by atoms with Gasteiger partial charge in [0.2, 0.25) is 5.91 Å². The van der Waals surface area contributed by atoms with E-state index in [1.165, 1.54) is 12.8 Å². The van der Waals surface area contributed by atoms with Crippen molar-refractivity contribution in [2.24, 2.45) is 5.92 Å². The summed E-state index contributed by atoms with van der Waals surface area (Å²) in [4.78, 5) is 13.3. The molecule has 1 fully saturated rings. The predicted octanol–water partition coefficient (Wildman–Crippen LogP) is 0.215. The molecule has 0 saturated carbocycles. The molecule has 0 aromatic rings. The van der Waals surface area contributed by atoms with Gasteiger partial charge in [-0.05, 0) is 25.3 Å². The number of hydrogen-bond donors (Lipinski definition) is 2. The van der Waals surface area contributed by atoms with E-state index in [-0.39, 0.29) is 12.5 Å². The molecular weight excluding hydrogens is 192 g/mol. The molecule has 1 aliphatic rings. The van der Waals surface area contributed by atoms with Crippen LogP contribution in [0.15, 0.2) is 0 Å². The first-order valence-corrected chi connectivity index (χ1v) is 5.73. The van der Waals surface area contributed by atoms with Crippen molar-refractivity contribution in [3.63, 3.8) is 0 Å². The molecule has 4 heteroatoms. The quantitative estimate of drug-likeness (QED) is 0.703. The number of nitrogens with one attached hydrogen (secondary N) is 1. The van der Waals surface area contributed by atoms with Gasteiger partial charge >= 0.3 is 0 Å². The Morgan fingerprint density at radius 3 is 2.93 bits per heavy atom. The Balaban J connectivity index is 2.35. The number of hydrogen-bond acceptors (Lipinski definition) is 3. The van der Waals surface area contributed by atoms with Crippen molar-refractivity contribution in [3.05, 3.63) is 0 Å². The van der Waals surface area contributed by atoms with Crippen molar-refractivity contribution in [1.29, 1.82) is 0 Å². The number of carbonyl (C=O) groups is 1. The highest BCUT2D eigenvalue weighted by molar-refractivity contribution is 5.76. The molecule has 0 bridgehead atoms. The number of piperidine rings is 1. The molecule has 88 valence electrons. The van der Waals surface area contributed by atoms with Crippen LogP contribution in [0.5, 0.6) is 0 Å². The number of likely N-dealkylation sites (N-methyl/N-ethyl adjacent to an activating group) is 1. The first-order chi connectivity index (χ1) is 7.15. The van der Waals surface area contributed by atoms with Crippen LogP contribution in [0.1, 0.15) is 26.2 Å². The van der Waals surface area contributed by atoms with Gasteiger partial charge in [-0.2, -0.15) is 0 Å². The van der Waals surface area contributed by atoms with E-state index in [1.807, 2.05) is 0 Å². The van der Waals surface area contributed by atoms with Gasteiger partial charge in [0, 0.05) is 26.1 Å². The van der Waals surface area contributed by atoms with E-state index in [9.17, 15) is 4.79 Å². The molecule has 0 aromatic carbocycles. The van der Waals surface area contributed by atoms with E-state index in [2.05, 4.69) is 12.2 Å². The van der Waals surface area contributed by atoms with Gasteiger partial charge in [0.1, 0.15) is 0 Å². The zero-order valence-electron chi connectivity index (χ0n) is 9.70. The second-order valence-corrected chi connectivity index (χ2v) is 4.42. The molecule has 1 aliphatic heterocycles. The van der Waals surface area contributed by atoms with Gasteiger partial charge in [0.15, 0.2) is 0 Å². The number of carbonyl (C=O) groups excluding carboxylic acids is 1. The van der Waals surface area contributed by atoms with Crippen LogP contribution in [-0.4, -0.2) is 48.7 Å². The summed E-state index contributed by atoms with van der Waals surface area (Å²) >= 11 is 0. The molecular formula is C11H22N2O2. The number of rotatable bonds is 4. The van der Waals surface area contributed by atoms with E-state index >= 15 is 0 Å². The Morgan fingerprint density at radius 1 is 1.60 bits per heavy atom. The molecule has 2 N–H and O–H groups in total. The third kappa shape index (κ3) is 3.80. The third-order valence-corrected chi connectivity index (χ3v) is 3.19. The summed E-state index contributed by atoms with van der Waals surface area (Å²) in [6.07, 6.45) is 2.96. The molecule has 15 heavy (non-hydrogen) atoms. The Hall–Kier alpha value is -0.610. The normalized spacial score (nSPS) is 26.3. The lowest BCUT2D eigenvalue weighted by molar-refractivity contribution is -0.131. The van der Waals surface area contributed by atoms with Crippen LogP contribution < -0.4 is 5.32 Å². The van der Waals surface area contributed by atoms with Gasteiger partial charge < -0.3 is 15.3 Å². The summed E-state index contributed by atoms with van der Waals surface area (Å²) in [7, 11) is 1.74. The van der Waals surface area contributed by atoms with Crippen LogP contribution in [0.2, 0.25) is 0 Å². The summed E-state index contributed by atoms with van der Waals surface area (Å²) in [5.41, 5.74) is 0. The fourth-order valence-corrected chi connectivity index (χ4v) is 2.01. The molecule has 1 rings (SSSR count). The Kier molecular flexibility index (Phi) is 5.05. The molecule has 0 radical (unpaired) electrons. The highest BCUT2D eigenvalue weighted by Gasteiger charge is 2.24. The van der Waals surface area contributed by atoms with Crippen LogP contribution in [0.25, 0.3) is 0 Å². The third-order valence-electron chi connectivity index (χ3n) is 3.19. The van der Waals surface area contributed by atoms with Crippen molar-refractivity contribution in [1.82, 2.24) is 10.2 Å². The van der Waals surface area contributed by atoms with Gasteiger partial charge in [-0.3, -0.25) is 4.79 Å². The van der Waals surface area contributed by atoms with Crippen LogP contribution in [0, 0.1) is 5.92 Å². The first kappa shape index (κ1) is 12.5. The highest BCUT2D eigenvalue weighted by Crippen LogP contribution is 2.18. The zero-order chi connectivity index (χ0) is 11.3. The smallest absolute Gasteiger partial charge is 0.223 e. The average molecular weight is 214 g/mol. The van der Waals surface area contributed by atoms with E-state index in [4.69, 9.17) is 5.11 Å². The minimum absolute atomic E-state index is 0.0376. The maximum atomic E-state index is 11.7. The van der Waals surface area contributed by atoms with Crippen LogP contribution >= 0.6 is 0 Å². The van der Waals surface area contributed by atoms with E-state index in [0.717, 1.165) is 6.54 Å². The van der Waals surface area contributed by atoms with Gasteiger partial charge in [0.25, 0.3) is 0 Å². The maximum absolute atomic E-state index is 11.7. The van der Waals surface area contributed by atoms with Crippen LogP contribution in [0.4, 0.5) is 0 Å². The lowest BCUT2D eigenvalue weighted by Gasteiger charge is -2.30.